The molecule has 15 heavy (non-hydrogen) atoms. The summed E-state index contributed by atoms with van der Waals surface area (Å²) in [7, 11) is 2.14. The first-order chi connectivity index (χ1) is 7.19. The second-order valence-corrected chi connectivity index (χ2v) is 4.90. The molecule has 1 heterocycles. The summed E-state index contributed by atoms with van der Waals surface area (Å²) in [6, 6.07) is 6.48. The molecule has 2 heteroatoms. The van der Waals surface area contributed by atoms with Crippen LogP contribution in [-0.2, 0) is 12.0 Å². The van der Waals surface area contributed by atoms with Crippen LogP contribution in [0.15, 0.2) is 18.2 Å². The first-order valence-corrected chi connectivity index (χ1v) is 5.76. The van der Waals surface area contributed by atoms with Gasteiger partial charge in [-0.3, -0.25) is 0 Å². The molecule has 2 aliphatic rings. The van der Waals surface area contributed by atoms with Gasteiger partial charge in [0, 0.05) is 19.3 Å². The molecule has 3 rings (SSSR count). The predicted octanol–water partition coefficient (Wildman–Crippen LogP) is 2.05. The largest absolute Gasteiger partial charge is 0.385 e. The molecule has 1 saturated carbocycles. The van der Waals surface area contributed by atoms with Crippen molar-refractivity contribution < 1.29 is 5.11 Å². The molecule has 1 N–H and O–H groups in total. The smallest absolute Gasteiger partial charge is 0.0899 e. The number of fused-ring (bicyclic) bond motifs is 1. The van der Waals surface area contributed by atoms with Crippen molar-refractivity contribution in [3.8, 4) is 0 Å². The quantitative estimate of drug-likeness (QED) is 0.755. The number of benzene rings is 1. The lowest BCUT2D eigenvalue weighted by atomic mass is 9.97. The average Bonchev–Trinajstić information content (AvgIpc) is 2.98. The minimum absolute atomic E-state index is 0.493. The van der Waals surface area contributed by atoms with E-state index in [9.17, 15) is 5.11 Å². The Morgan fingerprint density at radius 2 is 2.13 bits per heavy atom. The van der Waals surface area contributed by atoms with Gasteiger partial charge in [-0.25, -0.2) is 0 Å². The Balaban J connectivity index is 2.04. The zero-order chi connectivity index (χ0) is 10.5. The van der Waals surface area contributed by atoms with Gasteiger partial charge in [-0.15, -0.1) is 0 Å². The van der Waals surface area contributed by atoms with Crippen LogP contribution in [0.3, 0.4) is 0 Å². The lowest BCUT2D eigenvalue weighted by molar-refractivity contribution is 0.151. The highest BCUT2D eigenvalue weighted by Crippen LogP contribution is 2.46. The number of aryl methyl sites for hydroxylation is 1. The van der Waals surface area contributed by atoms with Crippen LogP contribution < -0.4 is 4.90 Å². The van der Waals surface area contributed by atoms with Gasteiger partial charge in [-0.2, -0.15) is 0 Å². The fourth-order valence-corrected chi connectivity index (χ4v) is 2.45. The Hall–Kier alpha value is -1.02. The third-order valence-corrected chi connectivity index (χ3v) is 3.70. The Kier molecular flexibility index (Phi) is 1.84. The molecule has 2 nitrogen and oxygen atoms in total. The van der Waals surface area contributed by atoms with Crippen LogP contribution >= 0.6 is 0 Å². The van der Waals surface area contributed by atoms with Crippen molar-refractivity contribution in [3.63, 3.8) is 0 Å². The van der Waals surface area contributed by atoms with Crippen LogP contribution in [0.4, 0.5) is 5.69 Å². The highest BCUT2D eigenvalue weighted by atomic mass is 16.3. The molecule has 0 atom stereocenters. The third kappa shape index (κ3) is 1.44. The van der Waals surface area contributed by atoms with Crippen LogP contribution in [0, 0.1) is 0 Å². The number of hydrogen-bond acceptors (Lipinski definition) is 2. The van der Waals surface area contributed by atoms with E-state index in [2.05, 4.69) is 30.1 Å². The molecule has 1 aromatic rings. The Labute approximate surface area is 90.5 Å². The molecule has 0 radical (unpaired) electrons. The van der Waals surface area contributed by atoms with Gasteiger partial charge in [0.15, 0.2) is 0 Å². The molecule has 0 aromatic heterocycles. The topological polar surface area (TPSA) is 23.5 Å². The van der Waals surface area contributed by atoms with Crippen LogP contribution in [0.5, 0.6) is 0 Å². The van der Waals surface area contributed by atoms with Crippen molar-refractivity contribution in [1.82, 2.24) is 0 Å². The maximum absolute atomic E-state index is 10.1. The number of nitrogens with zero attached hydrogens (tertiary/aromatic N) is 1. The van der Waals surface area contributed by atoms with Gasteiger partial charge in [-0.05, 0) is 42.9 Å². The van der Waals surface area contributed by atoms with E-state index >= 15 is 0 Å². The summed E-state index contributed by atoms with van der Waals surface area (Å²) in [6.07, 6.45) is 4.27. The van der Waals surface area contributed by atoms with Crippen LogP contribution in [0.1, 0.15) is 30.4 Å². The number of anilines is 1. The monoisotopic (exact) mass is 203 g/mol. The number of aliphatic hydroxyl groups is 1. The van der Waals surface area contributed by atoms with Crippen molar-refractivity contribution in [2.45, 2.75) is 31.3 Å². The highest BCUT2D eigenvalue weighted by molar-refractivity contribution is 5.58. The minimum Gasteiger partial charge on any atom is -0.385 e. The molecule has 1 aliphatic heterocycles. The molecule has 0 bridgehead atoms. The number of hydrogen-bond donors (Lipinski definition) is 1. The molecule has 0 unspecified atom stereocenters. The van der Waals surface area contributed by atoms with Crippen LogP contribution in [0.2, 0.25) is 0 Å². The van der Waals surface area contributed by atoms with Crippen molar-refractivity contribution in [2.75, 3.05) is 18.5 Å². The third-order valence-electron chi connectivity index (χ3n) is 3.70. The van der Waals surface area contributed by atoms with E-state index in [4.69, 9.17) is 0 Å². The summed E-state index contributed by atoms with van der Waals surface area (Å²) in [4.78, 5) is 2.30. The second kappa shape index (κ2) is 2.99. The van der Waals surface area contributed by atoms with E-state index in [0.717, 1.165) is 24.9 Å². The standard InChI is InChI=1S/C13H17NO/c1-14-8-2-3-10-4-5-11(9-12(10)14)13(15)6-7-13/h4-5,9,15H,2-3,6-8H2,1H3. The van der Waals surface area contributed by atoms with E-state index < -0.39 is 5.60 Å². The van der Waals surface area contributed by atoms with Crippen molar-refractivity contribution in [3.05, 3.63) is 29.3 Å². The van der Waals surface area contributed by atoms with E-state index in [1.807, 2.05) is 0 Å². The fourth-order valence-electron chi connectivity index (χ4n) is 2.45. The van der Waals surface area contributed by atoms with Crippen molar-refractivity contribution >= 4 is 5.69 Å². The van der Waals surface area contributed by atoms with Gasteiger partial charge in [0.25, 0.3) is 0 Å². The van der Waals surface area contributed by atoms with E-state index in [0.29, 0.717) is 0 Å². The molecule has 1 aliphatic carbocycles. The molecule has 0 saturated heterocycles. The lowest BCUT2D eigenvalue weighted by Crippen LogP contribution is -2.25. The Morgan fingerprint density at radius 1 is 1.33 bits per heavy atom. The zero-order valence-electron chi connectivity index (χ0n) is 9.16. The molecule has 0 spiro atoms. The fraction of sp³-hybridized carbons (Fsp3) is 0.538. The minimum atomic E-state index is -0.493. The van der Waals surface area contributed by atoms with Gasteiger partial charge in [-0.1, -0.05) is 12.1 Å². The second-order valence-electron chi connectivity index (χ2n) is 4.90. The highest BCUT2D eigenvalue weighted by Gasteiger charge is 2.42. The summed E-state index contributed by atoms with van der Waals surface area (Å²) in [6.45, 7) is 1.13. The maximum atomic E-state index is 10.1. The summed E-state index contributed by atoms with van der Waals surface area (Å²) in [5.41, 5.74) is 3.36. The summed E-state index contributed by atoms with van der Waals surface area (Å²) in [5, 5.41) is 10.1. The Morgan fingerprint density at radius 3 is 2.87 bits per heavy atom. The molecule has 1 fully saturated rings. The van der Waals surface area contributed by atoms with Crippen LogP contribution in [-0.4, -0.2) is 18.7 Å². The molecule has 80 valence electrons. The molecule has 0 amide bonds. The van der Waals surface area contributed by atoms with Gasteiger partial charge < -0.3 is 10.0 Å². The summed E-state index contributed by atoms with van der Waals surface area (Å²) in [5.74, 6) is 0. The normalized spacial score (nSPS) is 22.4. The van der Waals surface area contributed by atoms with Crippen molar-refractivity contribution in [1.29, 1.82) is 0 Å². The SMILES string of the molecule is CN1CCCc2ccc(C3(O)CC3)cc21. The molecule has 1 aromatic carbocycles. The predicted molar refractivity (Wildman–Crippen MR) is 61.2 cm³/mol. The van der Waals surface area contributed by atoms with E-state index in [1.54, 1.807) is 0 Å². The molecular formula is C13H17NO. The van der Waals surface area contributed by atoms with Crippen LogP contribution in [0.25, 0.3) is 0 Å². The Bertz CT molecular complexity index is 396. The van der Waals surface area contributed by atoms with Gasteiger partial charge >= 0.3 is 0 Å². The summed E-state index contributed by atoms with van der Waals surface area (Å²) < 4.78 is 0. The van der Waals surface area contributed by atoms with Gasteiger partial charge in [0.2, 0.25) is 0 Å². The lowest BCUT2D eigenvalue weighted by Gasteiger charge is -2.28. The maximum Gasteiger partial charge on any atom is 0.0899 e. The molecular weight excluding hydrogens is 186 g/mol. The summed E-state index contributed by atoms with van der Waals surface area (Å²) >= 11 is 0. The first kappa shape index (κ1) is 9.22. The first-order valence-electron chi connectivity index (χ1n) is 5.76. The average molecular weight is 203 g/mol. The number of rotatable bonds is 1. The van der Waals surface area contributed by atoms with Crippen molar-refractivity contribution in [2.24, 2.45) is 0 Å². The van der Waals surface area contributed by atoms with Gasteiger partial charge in [0.05, 0.1) is 5.60 Å². The van der Waals surface area contributed by atoms with E-state index in [-0.39, 0.29) is 0 Å². The van der Waals surface area contributed by atoms with Gasteiger partial charge in [0.1, 0.15) is 0 Å². The zero-order valence-corrected chi connectivity index (χ0v) is 9.16. The van der Waals surface area contributed by atoms with E-state index in [1.165, 1.54) is 24.1 Å².